The summed E-state index contributed by atoms with van der Waals surface area (Å²) >= 11 is 0. The number of rotatable bonds is 15. The summed E-state index contributed by atoms with van der Waals surface area (Å²) in [5.41, 5.74) is -3.37. The van der Waals surface area contributed by atoms with Crippen molar-refractivity contribution in [2.45, 2.75) is 211 Å². The van der Waals surface area contributed by atoms with Crippen molar-refractivity contribution in [3.63, 3.8) is 0 Å². The molecule has 598 valence electrons. The van der Waals surface area contributed by atoms with Gasteiger partial charge in [0, 0.05) is 95.5 Å². The van der Waals surface area contributed by atoms with E-state index >= 15 is 37.5 Å². The maximum absolute atomic E-state index is 15.8. The van der Waals surface area contributed by atoms with Crippen LogP contribution < -0.4 is 16.0 Å². The number of hydrogen-bond acceptors (Lipinski definition) is 14. The first-order valence-electron chi connectivity index (χ1n) is 37.5. The summed E-state index contributed by atoms with van der Waals surface area (Å²) in [6.45, 7) is 10.7. The van der Waals surface area contributed by atoms with E-state index in [1.807, 2.05) is 27.7 Å². The van der Waals surface area contributed by atoms with Crippen LogP contribution in [0.5, 0.6) is 0 Å². The molecule has 2 aromatic rings. The predicted molar refractivity (Wildman–Crippen MR) is 389 cm³/mol. The van der Waals surface area contributed by atoms with E-state index in [1.54, 1.807) is 57.2 Å². The fourth-order valence-corrected chi connectivity index (χ4v) is 15.7. The van der Waals surface area contributed by atoms with E-state index in [2.05, 4.69) is 16.0 Å². The fourth-order valence-electron chi connectivity index (χ4n) is 15.7. The van der Waals surface area contributed by atoms with Crippen LogP contribution >= 0.6 is 0 Å². The van der Waals surface area contributed by atoms with Gasteiger partial charge in [-0.1, -0.05) is 95.9 Å². The van der Waals surface area contributed by atoms with E-state index in [0.29, 0.717) is 56.2 Å². The first kappa shape index (κ1) is 86.6. The van der Waals surface area contributed by atoms with Crippen molar-refractivity contribution in [1.82, 2.24) is 60.0 Å². The second kappa shape index (κ2) is 37.2. The second-order valence-corrected chi connectivity index (χ2v) is 30.9. The molecule has 4 fully saturated rings. The van der Waals surface area contributed by atoms with Gasteiger partial charge in [0.05, 0.1) is 32.2 Å². The minimum absolute atomic E-state index is 0.0193. The standard InChI is InChI=1S/C77H111F5N12O14/c1-16-34-107-43-59-66(98)84-64(47(5)17-2)72(104)88(11)42-62(97)89(12)55-26-20-19-23-33-93(71(55)103)58(37-48-29-27-46(4)28-30-48)70(102)87(10)41-60(95)83-54(32-31-49-35-52(78)63(53(79)36-49)77(80,81)82)68(100)94-40-51(108-18-3)38-56(94)67(99)85-76(44-75(6,7)45-76)74(106)92(15)65(50-24-21-22-25-50)73(105)91(14)57(69(101)86(8)9)39-61(96)90(59)13/h19-20,27-30,35-36,47,50-51,54-59,64-65H,16-18,21-26,31-34,37-45H2,1-15H3,(H,83,95)(H,84,98)(H,85,99)/b20-19-/t47-,51+,54-,55-,56-,57-,58-,59-,64-,65-/m0/s1. The Morgan fingerprint density at radius 1 is 0.713 bits per heavy atom. The molecule has 12 amide bonds. The van der Waals surface area contributed by atoms with Crippen LogP contribution in [0.4, 0.5) is 22.0 Å². The van der Waals surface area contributed by atoms with Crippen molar-refractivity contribution >= 4 is 70.9 Å². The van der Waals surface area contributed by atoms with Crippen molar-refractivity contribution in [3.8, 4) is 0 Å². The highest BCUT2D eigenvalue weighted by molar-refractivity contribution is 6.01. The quantitative estimate of drug-likeness (QED) is 0.120. The van der Waals surface area contributed by atoms with E-state index in [0.717, 1.165) is 35.0 Å². The zero-order valence-electron chi connectivity index (χ0n) is 65.2. The third-order valence-corrected chi connectivity index (χ3v) is 21.8. The maximum Gasteiger partial charge on any atom is 0.422 e. The van der Waals surface area contributed by atoms with Gasteiger partial charge >= 0.3 is 6.18 Å². The summed E-state index contributed by atoms with van der Waals surface area (Å²) in [6, 6.07) is -3.40. The molecule has 2 saturated heterocycles. The number of likely N-dealkylation sites (N-methyl/N-ethyl adjacent to an activating group) is 7. The minimum Gasteiger partial charge on any atom is -0.379 e. The van der Waals surface area contributed by atoms with Crippen molar-refractivity contribution in [2.24, 2.45) is 17.3 Å². The molecule has 2 aromatic carbocycles. The molecule has 3 heterocycles. The van der Waals surface area contributed by atoms with Crippen molar-refractivity contribution in [2.75, 3.05) is 102 Å². The molecule has 2 aliphatic carbocycles. The van der Waals surface area contributed by atoms with Crippen molar-refractivity contribution < 1.29 is 89.0 Å². The van der Waals surface area contributed by atoms with Gasteiger partial charge in [0.2, 0.25) is 70.9 Å². The largest absolute Gasteiger partial charge is 0.422 e. The Hall–Kier alpha value is -8.61. The van der Waals surface area contributed by atoms with Gasteiger partial charge in [-0.25, -0.2) is 8.78 Å². The summed E-state index contributed by atoms with van der Waals surface area (Å²) in [6.07, 6.45) is -1.47. The van der Waals surface area contributed by atoms with Gasteiger partial charge in [-0.2, -0.15) is 13.2 Å². The number of alkyl halides is 3. The SMILES string of the molecule is CCCOC[C@H]1C(=O)N[C@@H]([C@@H](C)CC)C(=O)N(C)CC(=O)N(C)[C@H]2C/C=C\CCN(C2=O)[C@@H](Cc2ccc(C)cc2)C(=O)N(C)CC(=O)N[C@@H](CCc2cc(F)c(C(F)(F)F)c(F)c2)C(=O)N2C[C@H](OCC)C[C@H]2C(=O)NC2(CC(C)(C)C2)C(=O)N(C)[C@@H](C2CCCC2)C(=O)N(C)[C@H](C(=O)N(C)C)CC(=O)N1C. The van der Waals surface area contributed by atoms with E-state index in [-0.39, 0.29) is 77.0 Å². The highest BCUT2D eigenvalue weighted by Crippen LogP contribution is 2.50. The molecule has 7 rings (SSSR count). The number of hydrogen-bond donors (Lipinski definition) is 3. The number of nitrogens with zero attached hydrogens (tertiary/aromatic N) is 9. The summed E-state index contributed by atoms with van der Waals surface area (Å²) in [4.78, 5) is 192. The highest BCUT2D eigenvalue weighted by atomic mass is 19.4. The maximum atomic E-state index is 15.8. The first-order chi connectivity index (χ1) is 50.7. The fraction of sp³-hybridized carbons (Fsp3) is 0.662. The van der Waals surface area contributed by atoms with Crippen LogP contribution in [0.15, 0.2) is 48.6 Å². The van der Waals surface area contributed by atoms with Crippen LogP contribution in [-0.2, 0) is 86.0 Å². The lowest BCUT2D eigenvalue weighted by molar-refractivity contribution is -0.161. The predicted octanol–water partition coefficient (Wildman–Crippen LogP) is 5.04. The highest BCUT2D eigenvalue weighted by Gasteiger charge is 2.59. The number of halogens is 5. The zero-order valence-corrected chi connectivity index (χ0v) is 65.2. The van der Waals surface area contributed by atoms with Gasteiger partial charge < -0.3 is 69.5 Å². The number of carbonyl (C=O) groups excluding carboxylic acids is 12. The van der Waals surface area contributed by atoms with Crippen molar-refractivity contribution in [3.05, 3.63) is 82.4 Å². The third kappa shape index (κ3) is 20.8. The molecule has 26 nitrogen and oxygen atoms in total. The lowest BCUT2D eigenvalue weighted by Crippen LogP contribution is -2.71. The van der Waals surface area contributed by atoms with E-state index in [4.69, 9.17) is 9.47 Å². The van der Waals surface area contributed by atoms with Gasteiger partial charge in [-0.3, -0.25) is 57.5 Å². The molecule has 3 N–H and O–H groups in total. The van der Waals surface area contributed by atoms with Crippen LogP contribution in [0.2, 0.25) is 0 Å². The van der Waals surface area contributed by atoms with E-state index in [1.165, 1.54) is 71.1 Å². The van der Waals surface area contributed by atoms with E-state index in [9.17, 15) is 41.9 Å². The second-order valence-electron chi connectivity index (χ2n) is 30.9. The number of fused-ring (bicyclic) bond motifs is 3. The normalized spacial score (nSPS) is 26.4. The van der Waals surface area contributed by atoms with Gasteiger partial charge in [0.1, 0.15) is 71.1 Å². The first-order valence-corrected chi connectivity index (χ1v) is 37.5. The molecular weight excluding hydrogens is 1410 g/mol. The molecular formula is C77H111F5N12O14. The van der Waals surface area contributed by atoms with Crippen LogP contribution in [0.25, 0.3) is 0 Å². The average molecular weight is 1520 g/mol. The van der Waals surface area contributed by atoms with Crippen LogP contribution in [0.3, 0.4) is 0 Å². The van der Waals surface area contributed by atoms with Gasteiger partial charge in [-0.05, 0) is 112 Å². The number of ether oxygens (including phenoxy) is 2. The molecule has 108 heavy (non-hydrogen) atoms. The Bertz CT molecular complexity index is 3620. The number of aryl methyl sites for hydroxylation is 2. The Morgan fingerprint density at radius 3 is 1.93 bits per heavy atom. The minimum atomic E-state index is -5.42. The number of benzene rings is 2. The van der Waals surface area contributed by atoms with Gasteiger partial charge in [0.25, 0.3) is 0 Å². The lowest BCUT2D eigenvalue weighted by Gasteiger charge is -2.54. The van der Waals surface area contributed by atoms with Crippen molar-refractivity contribution in [1.29, 1.82) is 0 Å². The Labute approximate surface area is 630 Å². The summed E-state index contributed by atoms with van der Waals surface area (Å²) in [5, 5.41) is 8.45. The molecule has 0 unspecified atom stereocenters. The van der Waals surface area contributed by atoms with Crippen LogP contribution in [0.1, 0.15) is 147 Å². The van der Waals surface area contributed by atoms with Crippen LogP contribution in [-0.4, -0.2) is 277 Å². The average Bonchev–Trinajstić information content (AvgIpc) is 1.69. The number of nitrogens with one attached hydrogen (secondary N) is 3. The summed E-state index contributed by atoms with van der Waals surface area (Å²) < 4.78 is 84.1. The topological polar surface area (TPSA) is 289 Å². The molecule has 2 bridgehead atoms. The smallest absolute Gasteiger partial charge is 0.379 e. The summed E-state index contributed by atoms with van der Waals surface area (Å²) in [7, 11) is 11.0. The summed E-state index contributed by atoms with van der Waals surface area (Å²) in [5.74, 6) is -14.3. The zero-order chi connectivity index (χ0) is 80.2. The monoisotopic (exact) mass is 1520 g/mol. The molecule has 2 saturated carbocycles. The Balaban J connectivity index is 1.36. The third-order valence-electron chi connectivity index (χ3n) is 21.8. The molecule has 3 aliphatic heterocycles. The molecule has 1 spiro atoms. The number of carbonyl (C=O) groups is 12. The van der Waals surface area contributed by atoms with Crippen LogP contribution in [0, 0.1) is 35.8 Å². The molecule has 10 atom stereocenters. The molecule has 5 aliphatic rings. The Morgan fingerprint density at radius 2 is 1.34 bits per heavy atom. The van der Waals surface area contributed by atoms with E-state index < -0.39 is 204 Å². The van der Waals surface area contributed by atoms with Gasteiger partial charge in [0.15, 0.2) is 0 Å². The molecule has 0 aromatic heterocycles. The molecule has 0 radical (unpaired) electrons. The Kier molecular flexibility index (Phi) is 29.8. The lowest BCUT2D eigenvalue weighted by atomic mass is 9.58. The van der Waals surface area contributed by atoms with Gasteiger partial charge in [-0.15, -0.1) is 0 Å². The number of amides is 12. The molecule has 31 heteroatoms.